The lowest BCUT2D eigenvalue weighted by Crippen LogP contribution is -2.10. The third-order valence-corrected chi connectivity index (χ3v) is 1.73. The van der Waals surface area contributed by atoms with Gasteiger partial charge in [-0.05, 0) is 6.07 Å². The molecule has 0 unspecified atom stereocenters. The molecule has 7 heteroatoms. The third-order valence-electron chi connectivity index (χ3n) is 1.45. The summed E-state index contributed by atoms with van der Waals surface area (Å²) in [5, 5.41) is 0. The van der Waals surface area contributed by atoms with Crippen molar-refractivity contribution in [3.8, 4) is 0 Å². The van der Waals surface area contributed by atoms with Gasteiger partial charge in [0.25, 0.3) is 0 Å². The maximum atomic E-state index is 12.1. The van der Waals surface area contributed by atoms with Crippen molar-refractivity contribution in [1.29, 1.82) is 0 Å². The van der Waals surface area contributed by atoms with E-state index in [9.17, 15) is 13.2 Å². The normalized spacial score (nSPS) is 10.9. The highest BCUT2D eigenvalue weighted by atomic mass is 35.5. The summed E-state index contributed by atoms with van der Waals surface area (Å²) >= 11 is 5.40. The van der Waals surface area contributed by atoms with Crippen LogP contribution < -0.4 is 5.73 Å². The summed E-state index contributed by atoms with van der Waals surface area (Å²) in [5.41, 5.74) is 4.63. The van der Waals surface area contributed by atoms with E-state index in [4.69, 9.17) is 17.3 Å². The molecule has 0 saturated heterocycles. The fourth-order valence-corrected chi connectivity index (χ4v) is 1.00. The number of alkyl halides is 4. The van der Waals surface area contributed by atoms with Crippen molar-refractivity contribution in [2.75, 3.05) is 5.73 Å². The highest BCUT2D eigenvalue weighted by molar-refractivity contribution is 6.17. The summed E-state index contributed by atoms with van der Waals surface area (Å²) in [6.45, 7) is 0. The molecule has 1 rings (SSSR count). The van der Waals surface area contributed by atoms with E-state index < -0.39 is 11.9 Å². The van der Waals surface area contributed by atoms with Gasteiger partial charge in [0.2, 0.25) is 0 Å². The number of hydrogen-bond donors (Lipinski definition) is 1. The maximum absolute atomic E-state index is 12.1. The number of nitrogen functional groups attached to an aromatic ring is 1. The molecule has 0 amide bonds. The van der Waals surface area contributed by atoms with Crippen molar-refractivity contribution in [2.45, 2.75) is 12.1 Å². The molecule has 0 aliphatic rings. The number of aromatic nitrogens is 1. The van der Waals surface area contributed by atoms with E-state index in [0.29, 0.717) is 5.56 Å². The second-order valence-electron chi connectivity index (χ2n) is 2.37. The predicted molar refractivity (Wildman–Crippen MR) is 50.5 cm³/mol. The van der Waals surface area contributed by atoms with E-state index in [2.05, 4.69) is 4.98 Å². The fraction of sp³-hybridized carbons (Fsp3) is 0.286. The Kier molecular flexibility index (Phi) is 4.48. The van der Waals surface area contributed by atoms with Gasteiger partial charge in [0.15, 0.2) is 0 Å². The molecule has 1 aromatic rings. The molecule has 14 heavy (non-hydrogen) atoms. The zero-order valence-electron chi connectivity index (χ0n) is 6.81. The minimum absolute atomic E-state index is 0. The number of halogens is 5. The SMILES string of the molecule is Cl.Nc1nc(C(F)(F)F)ccc1CCl. The second kappa shape index (κ2) is 4.70. The first-order valence-electron chi connectivity index (χ1n) is 3.33. The molecular weight excluding hydrogens is 240 g/mol. The van der Waals surface area contributed by atoms with Gasteiger partial charge in [0.05, 0.1) is 5.88 Å². The van der Waals surface area contributed by atoms with Gasteiger partial charge in [0.1, 0.15) is 11.5 Å². The molecule has 80 valence electrons. The zero-order chi connectivity index (χ0) is 10.1. The van der Waals surface area contributed by atoms with E-state index in [1.54, 1.807) is 0 Å². The van der Waals surface area contributed by atoms with Crippen LogP contribution in [0.5, 0.6) is 0 Å². The van der Waals surface area contributed by atoms with Gasteiger partial charge in [-0.25, -0.2) is 4.98 Å². The minimum Gasteiger partial charge on any atom is -0.383 e. The van der Waals surface area contributed by atoms with Gasteiger partial charge < -0.3 is 5.73 Å². The first-order valence-corrected chi connectivity index (χ1v) is 3.87. The summed E-state index contributed by atoms with van der Waals surface area (Å²) in [4.78, 5) is 3.18. The van der Waals surface area contributed by atoms with Crippen LogP contribution in [-0.2, 0) is 12.1 Å². The highest BCUT2D eigenvalue weighted by Gasteiger charge is 2.32. The third kappa shape index (κ3) is 2.92. The molecule has 0 saturated carbocycles. The molecule has 2 N–H and O–H groups in total. The molecule has 0 spiro atoms. The van der Waals surface area contributed by atoms with Crippen LogP contribution in [0.4, 0.5) is 19.0 Å². The van der Waals surface area contributed by atoms with E-state index in [1.807, 2.05) is 0 Å². The van der Waals surface area contributed by atoms with Gasteiger partial charge >= 0.3 is 6.18 Å². The lowest BCUT2D eigenvalue weighted by Gasteiger charge is -2.07. The first kappa shape index (κ1) is 13.3. The Morgan fingerprint density at radius 3 is 2.29 bits per heavy atom. The van der Waals surface area contributed by atoms with E-state index in [1.165, 1.54) is 6.07 Å². The molecule has 0 aromatic carbocycles. The van der Waals surface area contributed by atoms with Gasteiger partial charge in [-0.1, -0.05) is 6.07 Å². The fourth-order valence-electron chi connectivity index (χ4n) is 0.775. The highest BCUT2D eigenvalue weighted by Crippen LogP contribution is 2.28. The molecule has 0 aliphatic carbocycles. The Morgan fingerprint density at radius 1 is 1.36 bits per heavy atom. The number of anilines is 1. The molecule has 1 aromatic heterocycles. The van der Waals surface area contributed by atoms with Crippen LogP contribution in [0.1, 0.15) is 11.3 Å². The predicted octanol–water partition coefficient (Wildman–Crippen LogP) is 2.84. The molecular formula is C7H7Cl2F3N2. The van der Waals surface area contributed by atoms with Crippen molar-refractivity contribution < 1.29 is 13.2 Å². The van der Waals surface area contributed by atoms with Crippen LogP contribution in [-0.4, -0.2) is 4.98 Å². The Morgan fingerprint density at radius 2 is 1.93 bits per heavy atom. The number of pyridine rings is 1. The van der Waals surface area contributed by atoms with Gasteiger partial charge in [0, 0.05) is 5.56 Å². The summed E-state index contributed by atoms with van der Waals surface area (Å²) in [6, 6.07) is 2.08. The average Bonchev–Trinajstić information content (AvgIpc) is 2.02. The van der Waals surface area contributed by atoms with E-state index in [0.717, 1.165) is 6.07 Å². The molecule has 0 fully saturated rings. The maximum Gasteiger partial charge on any atom is 0.433 e. The standard InChI is InChI=1S/C7H6ClF3N2.ClH/c8-3-4-1-2-5(7(9,10)11)13-6(4)12;/h1-2H,3H2,(H2,12,13);1H. The average molecular weight is 247 g/mol. The Labute approximate surface area is 89.7 Å². The summed E-state index contributed by atoms with van der Waals surface area (Å²) < 4.78 is 36.2. The smallest absolute Gasteiger partial charge is 0.383 e. The van der Waals surface area contributed by atoms with Crippen molar-refractivity contribution in [2.24, 2.45) is 0 Å². The lowest BCUT2D eigenvalue weighted by molar-refractivity contribution is -0.141. The van der Waals surface area contributed by atoms with Crippen LogP contribution >= 0.6 is 24.0 Å². The quantitative estimate of drug-likeness (QED) is 0.775. The Bertz CT molecular complexity index is 314. The topological polar surface area (TPSA) is 38.9 Å². The summed E-state index contributed by atoms with van der Waals surface area (Å²) in [6.07, 6.45) is -4.46. The van der Waals surface area contributed by atoms with Gasteiger partial charge in [-0.2, -0.15) is 13.2 Å². The first-order chi connectivity index (χ1) is 5.95. The Balaban J connectivity index is 0.00000169. The number of nitrogens with zero attached hydrogens (tertiary/aromatic N) is 1. The second-order valence-corrected chi connectivity index (χ2v) is 2.64. The molecule has 1 heterocycles. The molecule has 2 nitrogen and oxygen atoms in total. The number of hydrogen-bond acceptors (Lipinski definition) is 2. The van der Waals surface area contributed by atoms with Crippen molar-refractivity contribution in [3.63, 3.8) is 0 Å². The monoisotopic (exact) mass is 246 g/mol. The van der Waals surface area contributed by atoms with Crippen molar-refractivity contribution >= 4 is 29.8 Å². The largest absolute Gasteiger partial charge is 0.433 e. The van der Waals surface area contributed by atoms with E-state index in [-0.39, 0.29) is 24.1 Å². The van der Waals surface area contributed by atoms with Crippen molar-refractivity contribution in [3.05, 3.63) is 23.4 Å². The molecule has 0 atom stereocenters. The van der Waals surface area contributed by atoms with Crippen LogP contribution in [0.15, 0.2) is 12.1 Å². The van der Waals surface area contributed by atoms with E-state index >= 15 is 0 Å². The molecule has 0 aliphatic heterocycles. The molecule has 0 bridgehead atoms. The molecule has 0 radical (unpaired) electrons. The summed E-state index contributed by atoms with van der Waals surface area (Å²) in [5.74, 6) is -0.124. The van der Waals surface area contributed by atoms with Gasteiger partial charge in [-0.15, -0.1) is 24.0 Å². The van der Waals surface area contributed by atoms with Crippen LogP contribution in [0.3, 0.4) is 0 Å². The minimum atomic E-state index is -4.46. The zero-order valence-corrected chi connectivity index (χ0v) is 8.38. The van der Waals surface area contributed by atoms with Crippen LogP contribution in [0.25, 0.3) is 0 Å². The van der Waals surface area contributed by atoms with Crippen LogP contribution in [0, 0.1) is 0 Å². The summed E-state index contributed by atoms with van der Waals surface area (Å²) in [7, 11) is 0. The van der Waals surface area contributed by atoms with Gasteiger partial charge in [-0.3, -0.25) is 0 Å². The van der Waals surface area contributed by atoms with Crippen LogP contribution in [0.2, 0.25) is 0 Å². The lowest BCUT2D eigenvalue weighted by atomic mass is 10.2. The number of nitrogens with two attached hydrogens (primary N) is 1. The Hall–Kier alpha value is -0.680. The number of rotatable bonds is 1. The van der Waals surface area contributed by atoms with Crippen molar-refractivity contribution in [1.82, 2.24) is 4.98 Å².